The van der Waals surface area contributed by atoms with Crippen molar-refractivity contribution in [3.8, 4) is 0 Å². The summed E-state index contributed by atoms with van der Waals surface area (Å²) >= 11 is 0. The first kappa shape index (κ1) is 17.8. The monoisotopic (exact) mass is 320 g/mol. The minimum absolute atomic E-state index is 0.269. The van der Waals surface area contributed by atoms with E-state index in [1.807, 2.05) is 18.7 Å². The van der Waals surface area contributed by atoms with E-state index in [0.29, 0.717) is 31.7 Å². The summed E-state index contributed by atoms with van der Waals surface area (Å²) in [5.74, 6) is -3.15. The molecular weight excluding hydrogens is 298 g/mol. The second kappa shape index (κ2) is 7.70. The van der Waals surface area contributed by atoms with Gasteiger partial charge in [0, 0.05) is 13.1 Å². The van der Waals surface area contributed by atoms with E-state index in [-0.39, 0.29) is 10.8 Å². The Balaban J connectivity index is 3.25. The Morgan fingerprint density at radius 2 is 1.86 bits per heavy atom. The van der Waals surface area contributed by atoms with Gasteiger partial charge in [-0.1, -0.05) is 26.0 Å². The quantitative estimate of drug-likeness (QED) is 0.799. The molecule has 1 aromatic rings. The van der Waals surface area contributed by atoms with Gasteiger partial charge >= 0.3 is 5.76 Å². The topological polar surface area (TPSA) is 63.4 Å². The highest BCUT2D eigenvalue weighted by Gasteiger charge is 2.30. The molecule has 0 saturated carbocycles. The maximum absolute atomic E-state index is 12.8. The highest BCUT2D eigenvalue weighted by Crippen LogP contribution is 2.29. The van der Waals surface area contributed by atoms with Crippen molar-refractivity contribution in [2.45, 2.75) is 30.9 Å². The number of rotatable bonds is 8. The van der Waals surface area contributed by atoms with Crippen LogP contribution in [0.2, 0.25) is 0 Å². The van der Waals surface area contributed by atoms with Crippen molar-refractivity contribution in [3.05, 3.63) is 24.3 Å². The molecule has 21 heavy (non-hydrogen) atoms. The molecule has 0 atom stereocenters. The lowest BCUT2D eigenvalue weighted by Gasteiger charge is -2.28. The molecule has 4 nitrogen and oxygen atoms in total. The molecule has 0 aliphatic carbocycles. The minimum Gasteiger partial charge on any atom is -0.370 e. The fraction of sp³-hybridized carbons (Fsp3) is 0.571. The Bertz CT molecular complexity index is 548. The Hall–Kier alpha value is -1.21. The normalized spacial score (nSPS) is 12.1. The van der Waals surface area contributed by atoms with Gasteiger partial charge in [-0.2, -0.15) is 8.78 Å². The molecule has 0 spiro atoms. The van der Waals surface area contributed by atoms with Gasteiger partial charge in [0.1, 0.15) is 0 Å². The van der Waals surface area contributed by atoms with Gasteiger partial charge in [-0.05, 0) is 31.0 Å². The van der Waals surface area contributed by atoms with Crippen molar-refractivity contribution in [2.24, 2.45) is 11.7 Å². The largest absolute Gasteiger partial charge is 0.370 e. The number of nitrogens with zero attached hydrogens (tertiary/aromatic N) is 1. The molecule has 0 heterocycles. The highest BCUT2D eigenvalue weighted by molar-refractivity contribution is 7.91. The molecule has 0 amide bonds. The van der Waals surface area contributed by atoms with E-state index in [1.165, 1.54) is 12.1 Å². The van der Waals surface area contributed by atoms with Gasteiger partial charge in [0.25, 0.3) is 0 Å². The van der Waals surface area contributed by atoms with Gasteiger partial charge in [0.15, 0.2) is 0 Å². The summed E-state index contributed by atoms with van der Waals surface area (Å²) in [6.45, 7) is 5.54. The fourth-order valence-electron chi connectivity index (χ4n) is 2.09. The van der Waals surface area contributed by atoms with Crippen LogP contribution in [0.15, 0.2) is 29.2 Å². The van der Waals surface area contributed by atoms with Crippen LogP contribution in [-0.4, -0.2) is 33.8 Å². The number of halogens is 2. The number of alkyl halides is 2. The van der Waals surface area contributed by atoms with Crippen molar-refractivity contribution in [1.82, 2.24) is 0 Å². The third-order valence-electron chi connectivity index (χ3n) is 2.96. The lowest BCUT2D eigenvalue weighted by Crippen LogP contribution is -2.31. The molecule has 0 saturated heterocycles. The molecule has 7 heteroatoms. The second-order valence-electron chi connectivity index (χ2n) is 5.26. The third-order valence-corrected chi connectivity index (χ3v) is 4.39. The van der Waals surface area contributed by atoms with Gasteiger partial charge in [-0.15, -0.1) is 0 Å². The van der Waals surface area contributed by atoms with Crippen molar-refractivity contribution in [1.29, 1.82) is 0 Å². The van der Waals surface area contributed by atoms with E-state index in [2.05, 4.69) is 0 Å². The average Bonchev–Trinajstić information content (AvgIpc) is 2.43. The number of para-hydroxylation sites is 1. The Morgan fingerprint density at radius 1 is 1.24 bits per heavy atom. The van der Waals surface area contributed by atoms with Gasteiger partial charge in [-0.3, -0.25) is 0 Å². The van der Waals surface area contributed by atoms with Crippen molar-refractivity contribution in [2.75, 3.05) is 24.5 Å². The molecule has 0 bridgehead atoms. The van der Waals surface area contributed by atoms with Crippen LogP contribution in [0.1, 0.15) is 20.3 Å². The molecule has 2 N–H and O–H groups in total. The van der Waals surface area contributed by atoms with Crippen LogP contribution in [0.3, 0.4) is 0 Å². The molecule has 120 valence electrons. The second-order valence-corrected chi connectivity index (χ2v) is 7.14. The molecule has 0 aliphatic rings. The summed E-state index contributed by atoms with van der Waals surface area (Å²) < 4.78 is 49.3. The van der Waals surface area contributed by atoms with Gasteiger partial charge < -0.3 is 10.6 Å². The molecule has 0 aliphatic heterocycles. The predicted octanol–water partition coefficient (Wildman–Crippen LogP) is 2.49. The van der Waals surface area contributed by atoms with Crippen molar-refractivity contribution >= 4 is 15.5 Å². The molecular formula is C14H22F2N2O2S. The van der Waals surface area contributed by atoms with E-state index in [4.69, 9.17) is 5.73 Å². The van der Waals surface area contributed by atoms with Crippen LogP contribution in [0.5, 0.6) is 0 Å². The van der Waals surface area contributed by atoms with E-state index < -0.39 is 15.6 Å². The van der Waals surface area contributed by atoms with Crippen LogP contribution in [0, 0.1) is 5.92 Å². The van der Waals surface area contributed by atoms with Crippen molar-refractivity contribution < 1.29 is 17.2 Å². The first-order valence-electron chi connectivity index (χ1n) is 6.86. The number of hydrogen-bond acceptors (Lipinski definition) is 4. The maximum atomic E-state index is 12.8. The van der Waals surface area contributed by atoms with Crippen LogP contribution in [0.4, 0.5) is 14.5 Å². The minimum atomic E-state index is -4.62. The smallest absolute Gasteiger partial charge is 0.341 e. The first-order chi connectivity index (χ1) is 9.80. The van der Waals surface area contributed by atoms with E-state index >= 15 is 0 Å². The summed E-state index contributed by atoms with van der Waals surface area (Å²) in [5.41, 5.74) is 5.81. The van der Waals surface area contributed by atoms with Crippen LogP contribution >= 0.6 is 0 Å². The summed E-state index contributed by atoms with van der Waals surface area (Å²) in [4.78, 5) is 1.49. The predicted molar refractivity (Wildman–Crippen MR) is 80.4 cm³/mol. The van der Waals surface area contributed by atoms with E-state index in [9.17, 15) is 17.2 Å². The number of sulfone groups is 1. The summed E-state index contributed by atoms with van der Waals surface area (Å²) in [6, 6.07) is 5.89. The Morgan fingerprint density at radius 3 is 2.38 bits per heavy atom. The lowest BCUT2D eigenvalue weighted by molar-refractivity contribution is 0.235. The van der Waals surface area contributed by atoms with Gasteiger partial charge in [0.2, 0.25) is 9.84 Å². The molecule has 1 rings (SSSR count). The van der Waals surface area contributed by atoms with Crippen LogP contribution in [0.25, 0.3) is 0 Å². The average molecular weight is 320 g/mol. The Labute approximate surface area is 124 Å². The zero-order chi connectivity index (χ0) is 16.0. The molecule has 0 unspecified atom stereocenters. The van der Waals surface area contributed by atoms with E-state index in [0.717, 1.165) is 0 Å². The van der Waals surface area contributed by atoms with Crippen LogP contribution in [-0.2, 0) is 9.84 Å². The first-order valence-corrected chi connectivity index (χ1v) is 8.41. The van der Waals surface area contributed by atoms with Crippen molar-refractivity contribution in [3.63, 3.8) is 0 Å². The van der Waals surface area contributed by atoms with Gasteiger partial charge in [0.05, 0.1) is 10.6 Å². The number of benzene rings is 1. The molecule has 1 aromatic carbocycles. The number of hydrogen-bond donors (Lipinski definition) is 1. The summed E-state index contributed by atoms with van der Waals surface area (Å²) in [6.07, 6.45) is 0.662. The SMILES string of the molecule is CC(C)CN(CCCN)c1ccccc1S(=O)(=O)C(F)F. The summed E-state index contributed by atoms with van der Waals surface area (Å²) in [7, 11) is -4.62. The zero-order valence-corrected chi connectivity index (χ0v) is 13.1. The molecule has 0 radical (unpaired) electrons. The highest BCUT2D eigenvalue weighted by atomic mass is 32.2. The standard InChI is InChI=1S/C14H22F2N2O2S/c1-11(2)10-18(9-5-8-17)12-6-3-4-7-13(12)21(19,20)14(15)16/h3-4,6-7,11,14H,5,8-10,17H2,1-2H3. The maximum Gasteiger partial charge on any atom is 0.341 e. The van der Waals surface area contributed by atoms with Gasteiger partial charge in [-0.25, -0.2) is 8.42 Å². The zero-order valence-electron chi connectivity index (χ0n) is 12.3. The van der Waals surface area contributed by atoms with E-state index in [1.54, 1.807) is 12.1 Å². The number of anilines is 1. The lowest BCUT2D eigenvalue weighted by atomic mass is 10.1. The summed E-state index contributed by atoms with van der Waals surface area (Å²) in [5, 5.41) is 0. The molecule has 0 fully saturated rings. The molecule has 0 aromatic heterocycles. The number of nitrogens with two attached hydrogens (primary N) is 1. The Kier molecular flexibility index (Phi) is 6.54. The van der Waals surface area contributed by atoms with Crippen LogP contribution < -0.4 is 10.6 Å². The third kappa shape index (κ3) is 4.64. The fourth-order valence-corrected chi connectivity index (χ4v) is 3.04.